The van der Waals surface area contributed by atoms with Crippen LogP contribution in [0, 0.1) is 11.5 Å². The number of hydrogen-bond donors (Lipinski definition) is 0. The first-order valence-electron chi connectivity index (χ1n) is 2.84. The Labute approximate surface area is 62.9 Å². The third-order valence-corrected chi connectivity index (χ3v) is 1.61. The minimum atomic E-state index is -1.17. The Morgan fingerprint density at radius 3 is 2.22 bits per heavy atom. The molecule has 0 radical (unpaired) electrons. The van der Waals surface area contributed by atoms with E-state index in [0.29, 0.717) is 0 Å². The van der Waals surface area contributed by atoms with Crippen molar-refractivity contribution in [1.82, 2.24) is 0 Å². The molecule has 0 atom stereocenters. The zero-order chi connectivity index (χ0) is 7.33. The third-order valence-electron chi connectivity index (χ3n) is 0.593. The Balaban J connectivity index is 3.88. The quantitative estimate of drug-likeness (QED) is 0.376. The molecule has 0 aromatic carbocycles. The first-order chi connectivity index (χ1) is 4.06. The largest absolute Gasteiger partial charge is 0.129 e. The van der Waals surface area contributed by atoms with Crippen LogP contribution in [0.25, 0.3) is 0 Å². The van der Waals surface area contributed by atoms with E-state index in [1.807, 2.05) is 0 Å². The topological polar surface area (TPSA) is 0 Å². The Bertz CT molecular complexity index is 154. The van der Waals surface area contributed by atoms with Gasteiger partial charge in [0.25, 0.3) is 0 Å². The SMILES string of the molecule is C[Si](C)(C)C#CC=CCl. The number of allylic oxidation sites excluding steroid dienone is 1. The van der Waals surface area contributed by atoms with Crippen LogP contribution in [0.1, 0.15) is 0 Å². The molecule has 2 heteroatoms. The molecule has 0 saturated heterocycles. The van der Waals surface area contributed by atoms with Crippen molar-refractivity contribution in [2.24, 2.45) is 0 Å². The van der Waals surface area contributed by atoms with Gasteiger partial charge in [-0.3, -0.25) is 0 Å². The van der Waals surface area contributed by atoms with Gasteiger partial charge in [0, 0.05) is 5.54 Å². The fourth-order valence-corrected chi connectivity index (χ4v) is 0.869. The van der Waals surface area contributed by atoms with Crippen LogP contribution in [-0.4, -0.2) is 8.07 Å². The normalized spacial score (nSPS) is 11.1. The lowest BCUT2D eigenvalue weighted by Crippen LogP contribution is -2.16. The molecule has 0 aromatic heterocycles. The van der Waals surface area contributed by atoms with Gasteiger partial charge in [0.1, 0.15) is 8.07 Å². The zero-order valence-corrected chi connectivity index (χ0v) is 7.79. The Hall–Kier alpha value is -0.193. The van der Waals surface area contributed by atoms with Crippen LogP contribution in [0.4, 0.5) is 0 Å². The van der Waals surface area contributed by atoms with Crippen molar-refractivity contribution in [3.05, 3.63) is 11.6 Å². The van der Waals surface area contributed by atoms with E-state index in [2.05, 4.69) is 31.1 Å². The van der Waals surface area contributed by atoms with E-state index >= 15 is 0 Å². The van der Waals surface area contributed by atoms with Gasteiger partial charge < -0.3 is 0 Å². The predicted octanol–water partition coefficient (Wildman–Crippen LogP) is 2.62. The van der Waals surface area contributed by atoms with Crippen molar-refractivity contribution in [3.8, 4) is 11.5 Å². The second-order valence-corrected chi connectivity index (χ2v) is 7.81. The third kappa shape index (κ3) is 7.81. The summed E-state index contributed by atoms with van der Waals surface area (Å²) in [4.78, 5) is 0. The molecule has 0 aliphatic rings. The lowest BCUT2D eigenvalue weighted by atomic mass is 10.7. The summed E-state index contributed by atoms with van der Waals surface area (Å²) in [7, 11) is -1.17. The summed E-state index contributed by atoms with van der Waals surface area (Å²) in [6, 6.07) is 0. The van der Waals surface area contributed by atoms with Gasteiger partial charge in [-0.25, -0.2) is 0 Å². The molecule has 0 aliphatic heterocycles. The number of halogens is 1. The van der Waals surface area contributed by atoms with Crippen molar-refractivity contribution >= 4 is 19.7 Å². The minimum Gasteiger partial charge on any atom is -0.127 e. The Morgan fingerprint density at radius 2 is 1.89 bits per heavy atom. The Morgan fingerprint density at radius 1 is 1.33 bits per heavy atom. The average Bonchev–Trinajstić information content (AvgIpc) is 1.63. The first-order valence-corrected chi connectivity index (χ1v) is 6.78. The smallest absolute Gasteiger partial charge is 0.127 e. The minimum absolute atomic E-state index is 1.17. The van der Waals surface area contributed by atoms with Gasteiger partial charge in [0.05, 0.1) is 0 Å². The molecule has 0 unspecified atom stereocenters. The molecule has 0 saturated carbocycles. The van der Waals surface area contributed by atoms with Crippen molar-refractivity contribution in [3.63, 3.8) is 0 Å². The Kier molecular flexibility index (Phi) is 3.68. The van der Waals surface area contributed by atoms with Gasteiger partial charge in [-0.1, -0.05) is 37.2 Å². The maximum absolute atomic E-state index is 5.26. The summed E-state index contributed by atoms with van der Waals surface area (Å²) in [5.41, 5.74) is 4.58. The van der Waals surface area contributed by atoms with Gasteiger partial charge >= 0.3 is 0 Å². The summed E-state index contributed by atoms with van der Waals surface area (Å²) in [5.74, 6) is 2.87. The zero-order valence-electron chi connectivity index (χ0n) is 6.03. The summed E-state index contributed by atoms with van der Waals surface area (Å²) >= 11 is 5.26. The molecule has 50 valence electrons. The molecule has 0 aliphatic carbocycles. The molecule has 0 N–H and O–H groups in total. The second kappa shape index (κ2) is 3.76. The van der Waals surface area contributed by atoms with E-state index in [1.165, 1.54) is 5.54 Å². The summed E-state index contributed by atoms with van der Waals surface area (Å²) < 4.78 is 0. The highest BCUT2D eigenvalue weighted by molar-refractivity contribution is 6.83. The average molecular weight is 159 g/mol. The lowest BCUT2D eigenvalue weighted by Gasteiger charge is -2.01. The molecule has 0 spiro atoms. The van der Waals surface area contributed by atoms with E-state index < -0.39 is 8.07 Å². The van der Waals surface area contributed by atoms with Crippen LogP contribution in [0.5, 0.6) is 0 Å². The van der Waals surface area contributed by atoms with Gasteiger partial charge in [-0.05, 0) is 6.08 Å². The molecule has 0 fully saturated rings. The molecule has 0 nitrogen and oxygen atoms in total. The van der Waals surface area contributed by atoms with Crippen LogP contribution in [0.2, 0.25) is 19.6 Å². The maximum Gasteiger partial charge on any atom is 0.129 e. The lowest BCUT2D eigenvalue weighted by molar-refractivity contribution is 1.81. The molecular formula is C7H11ClSi. The molecule has 0 amide bonds. The van der Waals surface area contributed by atoms with Crippen LogP contribution in [0.15, 0.2) is 11.6 Å². The fraction of sp³-hybridized carbons (Fsp3) is 0.429. The molecule has 0 heterocycles. The van der Waals surface area contributed by atoms with Gasteiger partial charge in [-0.2, -0.15) is 0 Å². The summed E-state index contributed by atoms with van der Waals surface area (Å²) in [5, 5.41) is 0. The molecule has 0 aromatic rings. The molecular weight excluding hydrogens is 148 g/mol. The van der Waals surface area contributed by atoms with Crippen molar-refractivity contribution < 1.29 is 0 Å². The van der Waals surface area contributed by atoms with E-state index in [9.17, 15) is 0 Å². The van der Waals surface area contributed by atoms with E-state index in [0.717, 1.165) is 0 Å². The number of hydrogen-bond acceptors (Lipinski definition) is 0. The van der Waals surface area contributed by atoms with Gasteiger partial charge in [-0.15, -0.1) is 5.54 Å². The van der Waals surface area contributed by atoms with Crippen molar-refractivity contribution in [1.29, 1.82) is 0 Å². The van der Waals surface area contributed by atoms with E-state index in [1.54, 1.807) is 6.08 Å². The van der Waals surface area contributed by atoms with E-state index in [4.69, 9.17) is 11.6 Å². The highest BCUT2D eigenvalue weighted by Gasteiger charge is 2.06. The highest BCUT2D eigenvalue weighted by atomic mass is 35.5. The maximum atomic E-state index is 5.26. The van der Waals surface area contributed by atoms with Crippen LogP contribution in [-0.2, 0) is 0 Å². The fourth-order valence-electron chi connectivity index (χ4n) is 0.290. The molecule has 0 rings (SSSR count). The van der Waals surface area contributed by atoms with E-state index in [-0.39, 0.29) is 0 Å². The first kappa shape index (κ1) is 8.81. The summed E-state index contributed by atoms with van der Waals surface area (Å²) in [6.07, 6.45) is 1.67. The predicted molar refractivity (Wildman–Crippen MR) is 46.1 cm³/mol. The highest BCUT2D eigenvalue weighted by Crippen LogP contribution is 1.95. The van der Waals surface area contributed by atoms with Crippen LogP contribution < -0.4 is 0 Å². The van der Waals surface area contributed by atoms with Gasteiger partial charge in [0.15, 0.2) is 0 Å². The molecule has 9 heavy (non-hydrogen) atoms. The van der Waals surface area contributed by atoms with Crippen molar-refractivity contribution in [2.75, 3.05) is 0 Å². The number of rotatable bonds is 0. The standard InChI is InChI=1S/C7H11ClSi/c1-9(2,3)7-5-4-6-8/h4,6H,1-3H3. The summed E-state index contributed by atoms with van der Waals surface area (Å²) in [6.45, 7) is 6.59. The molecule has 0 bridgehead atoms. The second-order valence-electron chi connectivity index (χ2n) is 2.81. The van der Waals surface area contributed by atoms with Crippen molar-refractivity contribution in [2.45, 2.75) is 19.6 Å². The van der Waals surface area contributed by atoms with Crippen LogP contribution >= 0.6 is 11.6 Å². The monoisotopic (exact) mass is 158 g/mol. The van der Waals surface area contributed by atoms with Gasteiger partial charge in [0.2, 0.25) is 0 Å². The van der Waals surface area contributed by atoms with Crippen LogP contribution in [0.3, 0.4) is 0 Å².